The third kappa shape index (κ3) is 5.84. The zero-order chi connectivity index (χ0) is 22.4. The molecule has 164 valence electrons. The third-order valence-electron chi connectivity index (χ3n) is 4.95. The highest BCUT2D eigenvalue weighted by atomic mass is 16.6. The van der Waals surface area contributed by atoms with Crippen LogP contribution in [0.15, 0.2) is 54.6 Å². The minimum absolute atomic E-state index is 0.147. The van der Waals surface area contributed by atoms with Crippen LogP contribution < -0.4 is 0 Å². The predicted octanol–water partition coefficient (Wildman–Crippen LogP) is 4.43. The first-order chi connectivity index (χ1) is 14.8. The van der Waals surface area contributed by atoms with E-state index >= 15 is 0 Å². The molecule has 7 heteroatoms. The van der Waals surface area contributed by atoms with Gasteiger partial charge >= 0.3 is 12.2 Å². The Hall–Kier alpha value is -3.35. The Morgan fingerprint density at radius 1 is 1.00 bits per heavy atom. The molecule has 1 aliphatic rings. The zero-order valence-corrected chi connectivity index (χ0v) is 18.1. The van der Waals surface area contributed by atoms with Gasteiger partial charge in [-0.15, -0.1) is 0 Å². The average molecular weight is 424 g/mol. The van der Waals surface area contributed by atoms with Crippen molar-refractivity contribution in [2.45, 2.75) is 39.0 Å². The minimum atomic E-state index is -0.626. The van der Waals surface area contributed by atoms with Gasteiger partial charge in [0.25, 0.3) is 0 Å². The molecule has 1 unspecified atom stereocenters. The quantitative estimate of drug-likeness (QED) is 0.679. The van der Waals surface area contributed by atoms with Gasteiger partial charge in [-0.05, 0) is 31.9 Å². The second-order valence-electron chi connectivity index (χ2n) is 8.42. The minimum Gasteiger partial charge on any atom is -0.445 e. The van der Waals surface area contributed by atoms with E-state index in [1.165, 1.54) is 0 Å². The van der Waals surface area contributed by atoms with E-state index in [0.717, 1.165) is 11.8 Å². The number of nitrogens with zero attached hydrogens (tertiary/aromatic N) is 2. The highest BCUT2D eigenvalue weighted by Gasteiger charge is 2.36. The topological polar surface area (TPSA) is 76.2 Å². The number of piperazine rings is 1. The van der Waals surface area contributed by atoms with Crippen LogP contribution in [0.1, 0.15) is 48.3 Å². The van der Waals surface area contributed by atoms with Crippen LogP contribution in [0.5, 0.6) is 0 Å². The molecule has 0 spiro atoms. The van der Waals surface area contributed by atoms with E-state index in [1.54, 1.807) is 48.8 Å². The Bertz CT molecular complexity index is 923. The van der Waals surface area contributed by atoms with Crippen LogP contribution in [0, 0.1) is 0 Å². The molecule has 2 amide bonds. The summed E-state index contributed by atoms with van der Waals surface area (Å²) in [4.78, 5) is 40.3. The maximum Gasteiger partial charge on any atom is 0.410 e. The number of rotatable bonds is 4. The lowest BCUT2D eigenvalue weighted by Crippen LogP contribution is -2.53. The van der Waals surface area contributed by atoms with Crippen molar-refractivity contribution in [3.05, 3.63) is 71.3 Å². The molecule has 0 radical (unpaired) electrons. The number of hydrogen-bond acceptors (Lipinski definition) is 5. The van der Waals surface area contributed by atoms with Crippen LogP contribution in [0.4, 0.5) is 9.59 Å². The normalized spacial score (nSPS) is 16.5. The van der Waals surface area contributed by atoms with E-state index in [4.69, 9.17) is 9.47 Å². The van der Waals surface area contributed by atoms with E-state index in [0.29, 0.717) is 17.7 Å². The van der Waals surface area contributed by atoms with Crippen molar-refractivity contribution >= 4 is 18.5 Å². The van der Waals surface area contributed by atoms with E-state index < -0.39 is 23.8 Å². The summed E-state index contributed by atoms with van der Waals surface area (Å²) in [5.74, 6) is 0. The van der Waals surface area contributed by atoms with Crippen LogP contribution in [0.25, 0.3) is 0 Å². The first-order valence-electron chi connectivity index (χ1n) is 10.3. The molecule has 1 heterocycles. The number of ether oxygens (including phenoxy) is 2. The molecule has 0 aromatic heterocycles. The van der Waals surface area contributed by atoms with Crippen molar-refractivity contribution in [2.24, 2.45) is 0 Å². The molecule has 1 fully saturated rings. The van der Waals surface area contributed by atoms with Gasteiger partial charge in [-0.25, -0.2) is 9.59 Å². The lowest BCUT2D eigenvalue weighted by Gasteiger charge is -2.41. The van der Waals surface area contributed by atoms with Gasteiger partial charge in [0.05, 0.1) is 6.04 Å². The Labute approximate surface area is 182 Å². The first-order valence-corrected chi connectivity index (χ1v) is 10.3. The summed E-state index contributed by atoms with van der Waals surface area (Å²) >= 11 is 0. The average Bonchev–Trinajstić information content (AvgIpc) is 2.76. The van der Waals surface area contributed by atoms with Crippen molar-refractivity contribution in [2.75, 3.05) is 19.6 Å². The van der Waals surface area contributed by atoms with E-state index in [9.17, 15) is 14.4 Å². The maximum atomic E-state index is 12.9. The molecule has 2 aromatic rings. The fraction of sp³-hybridized carbons (Fsp3) is 0.375. The largest absolute Gasteiger partial charge is 0.445 e. The lowest BCUT2D eigenvalue weighted by molar-refractivity contribution is 0.000774. The van der Waals surface area contributed by atoms with E-state index in [-0.39, 0.29) is 19.7 Å². The SMILES string of the molecule is CC(C)(C)OC(=O)N1CCN(C(=O)OCc2ccccc2)C(c2ccccc2C=O)C1. The summed E-state index contributed by atoms with van der Waals surface area (Å²) < 4.78 is 11.0. The number of carbonyl (C=O) groups is 3. The summed E-state index contributed by atoms with van der Waals surface area (Å²) in [5, 5.41) is 0. The van der Waals surface area contributed by atoms with Crippen molar-refractivity contribution < 1.29 is 23.9 Å². The molecule has 0 aliphatic carbocycles. The number of benzene rings is 2. The Kier molecular flexibility index (Phi) is 6.95. The fourth-order valence-corrected chi connectivity index (χ4v) is 3.48. The van der Waals surface area contributed by atoms with Crippen LogP contribution in [0.2, 0.25) is 0 Å². The second-order valence-corrected chi connectivity index (χ2v) is 8.42. The molecular weight excluding hydrogens is 396 g/mol. The fourth-order valence-electron chi connectivity index (χ4n) is 3.48. The molecular formula is C24H28N2O5. The van der Waals surface area contributed by atoms with Gasteiger partial charge in [0.15, 0.2) is 0 Å². The Morgan fingerprint density at radius 2 is 1.68 bits per heavy atom. The summed E-state index contributed by atoms with van der Waals surface area (Å²) in [7, 11) is 0. The van der Waals surface area contributed by atoms with Gasteiger partial charge < -0.3 is 14.4 Å². The van der Waals surface area contributed by atoms with Crippen molar-refractivity contribution in [3.8, 4) is 0 Å². The molecule has 1 saturated heterocycles. The number of hydrogen-bond donors (Lipinski definition) is 0. The highest BCUT2D eigenvalue weighted by molar-refractivity contribution is 5.78. The summed E-state index contributed by atoms with van der Waals surface area (Å²) in [6.45, 7) is 6.36. The predicted molar refractivity (Wildman–Crippen MR) is 116 cm³/mol. The lowest BCUT2D eigenvalue weighted by atomic mass is 9.98. The maximum absolute atomic E-state index is 12.9. The molecule has 0 N–H and O–H groups in total. The summed E-state index contributed by atoms with van der Waals surface area (Å²) in [6, 6.07) is 16.0. The van der Waals surface area contributed by atoms with Crippen molar-refractivity contribution in [1.82, 2.24) is 9.80 Å². The molecule has 0 saturated carbocycles. The molecule has 1 atom stereocenters. The van der Waals surface area contributed by atoms with Gasteiger partial charge in [0.2, 0.25) is 0 Å². The standard InChI is InChI=1S/C24H28N2O5/c1-24(2,3)31-22(28)25-13-14-26(23(29)30-17-18-9-5-4-6-10-18)21(15-25)20-12-8-7-11-19(20)16-27/h4-12,16,21H,13-15,17H2,1-3H3. The Morgan fingerprint density at radius 3 is 2.35 bits per heavy atom. The van der Waals surface area contributed by atoms with Gasteiger partial charge in [-0.3, -0.25) is 9.69 Å². The molecule has 2 aromatic carbocycles. The number of amides is 2. The van der Waals surface area contributed by atoms with Crippen molar-refractivity contribution in [3.63, 3.8) is 0 Å². The van der Waals surface area contributed by atoms with E-state index in [2.05, 4.69) is 0 Å². The molecule has 7 nitrogen and oxygen atoms in total. The zero-order valence-electron chi connectivity index (χ0n) is 18.1. The van der Waals surface area contributed by atoms with Crippen LogP contribution in [-0.4, -0.2) is 53.5 Å². The monoisotopic (exact) mass is 424 g/mol. The van der Waals surface area contributed by atoms with Gasteiger partial charge in [0.1, 0.15) is 18.5 Å². The molecule has 1 aliphatic heterocycles. The number of carbonyl (C=O) groups excluding carboxylic acids is 3. The molecule has 31 heavy (non-hydrogen) atoms. The van der Waals surface area contributed by atoms with Crippen LogP contribution >= 0.6 is 0 Å². The second kappa shape index (κ2) is 9.64. The van der Waals surface area contributed by atoms with Crippen LogP contribution in [-0.2, 0) is 16.1 Å². The summed E-state index contributed by atoms with van der Waals surface area (Å²) in [5.41, 5.74) is 1.40. The Balaban J connectivity index is 1.81. The van der Waals surface area contributed by atoms with Crippen molar-refractivity contribution in [1.29, 1.82) is 0 Å². The number of aldehydes is 1. The summed E-state index contributed by atoms with van der Waals surface area (Å²) in [6.07, 6.45) is -0.174. The van der Waals surface area contributed by atoms with Gasteiger partial charge in [0, 0.05) is 25.2 Å². The van der Waals surface area contributed by atoms with E-state index in [1.807, 2.05) is 36.4 Å². The van der Waals surface area contributed by atoms with Gasteiger partial charge in [-0.2, -0.15) is 0 Å². The first kappa shape index (κ1) is 22.3. The third-order valence-corrected chi connectivity index (χ3v) is 4.95. The molecule has 3 rings (SSSR count). The highest BCUT2D eigenvalue weighted by Crippen LogP contribution is 2.29. The van der Waals surface area contributed by atoms with Crippen LogP contribution in [0.3, 0.4) is 0 Å². The van der Waals surface area contributed by atoms with Gasteiger partial charge in [-0.1, -0.05) is 54.6 Å². The smallest absolute Gasteiger partial charge is 0.410 e. The molecule has 0 bridgehead atoms.